The highest BCUT2D eigenvalue weighted by Crippen LogP contribution is 2.28. The number of nitro groups is 1. The number of likely N-dealkylation sites (tertiary alicyclic amines) is 1. The SMILES string of the molecule is CC(Nc1cc(F)ccc1[N+](=O)[O-])C1CCN(C)CC1. The Bertz CT molecular complexity index is 487. The Kier molecular flexibility index (Phi) is 4.54. The van der Waals surface area contributed by atoms with Gasteiger partial charge in [-0.05, 0) is 51.9 Å². The molecule has 1 aromatic rings. The Morgan fingerprint density at radius 3 is 2.70 bits per heavy atom. The van der Waals surface area contributed by atoms with Gasteiger partial charge in [-0.15, -0.1) is 0 Å². The Hall–Kier alpha value is -1.69. The summed E-state index contributed by atoms with van der Waals surface area (Å²) in [6.45, 7) is 4.06. The molecule has 1 atom stereocenters. The fourth-order valence-corrected chi connectivity index (χ4v) is 2.67. The van der Waals surface area contributed by atoms with Gasteiger partial charge < -0.3 is 10.2 Å². The molecule has 0 aromatic heterocycles. The van der Waals surface area contributed by atoms with Crippen molar-refractivity contribution in [3.63, 3.8) is 0 Å². The molecule has 1 fully saturated rings. The summed E-state index contributed by atoms with van der Waals surface area (Å²) in [6.07, 6.45) is 2.10. The van der Waals surface area contributed by atoms with Gasteiger partial charge in [-0.3, -0.25) is 10.1 Å². The molecule has 0 radical (unpaired) electrons. The van der Waals surface area contributed by atoms with Crippen molar-refractivity contribution in [3.8, 4) is 0 Å². The average molecular weight is 281 g/mol. The van der Waals surface area contributed by atoms with Crippen LogP contribution in [0.25, 0.3) is 0 Å². The number of halogens is 1. The third-order valence-electron chi connectivity index (χ3n) is 4.01. The first kappa shape index (κ1) is 14.7. The van der Waals surface area contributed by atoms with Gasteiger partial charge in [0.25, 0.3) is 5.69 Å². The van der Waals surface area contributed by atoms with E-state index in [9.17, 15) is 14.5 Å². The molecule has 0 amide bonds. The normalized spacial score (nSPS) is 18.8. The molecule has 1 heterocycles. The largest absolute Gasteiger partial charge is 0.377 e. The Morgan fingerprint density at radius 1 is 1.45 bits per heavy atom. The molecule has 2 rings (SSSR count). The first-order chi connectivity index (χ1) is 9.47. The van der Waals surface area contributed by atoms with Crippen LogP contribution in [0.4, 0.5) is 15.8 Å². The minimum Gasteiger partial charge on any atom is -0.377 e. The van der Waals surface area contributed by atoms with Crippen molar-refractivity contribution in [3.05, 3.63) is 34.1 Å². The monoisotopic (exact) mass is 281 g/mol. The van der Waals surface area contributed by atoms with Crippen molar-refractivity contribution >= 4 is 11.4 Å². The van der Waals surface area contributed by atoms with Crippen LogP contribution in [0.2, 0.25) is 0 Å². The zero-order chi connectivity index (χ0) is 14.7. The third kappa shape index (κ3) is 3.45. The molecule has 110 valence electrons. The number of nitrogens with zero attached hydrogens (tertiary/aromatic N) is 2. The van der Waals surface area contributed by atoms with Gasteiger partial charge >= 0.3 is 0 Å². The average Bonchev–Trinajstić information content (AvgIpc) is 2.39. The van der Waals surface area contributed by atoms with Gasteiger partial charge in [-0.25, -0.2) is 4.39 Å². The zero-order valence-corrected chi connectivity index (χ0v) is 11.8. The molecular weight excluding hydrogens is 261 g/mol. The molecule has 0 bridgehead atoms. The van der Waals surface area contributed by atoms with Crippen molar-refractivity contribution < 1.29 is 9.31 Å². The Morgan fingerprint density at radius 2 is 2.10 bits per heavy atom. The molecule has 0 aliphatic carbocycles. The van der Waals surface area contributed by atoms with E-state index in [1.807, 2.05) is 6.92 Å². The van der Waals surface area contributed by atoms with Crippen LogP contribution in [0.15, 0.2) is 18.2 Å². The van der Waals surface area contributed by atoms with E-state index < -0.39 is 10.7 Å². The number of hydrogen-bond donors (Lipinski definition) is 1. The lowest BCUT2D eigenvalue weighted by molar-refractivity contribution is -0.384. The van der Waals surface area contributed by atoms with E-state index in [0.717, 1.165) is 32.0 Å². The van der Waals surface area contributed by atoms with E-state index in [4.69, 9.17) is 0 Å². The molecular formula is C14H20FN3O2. The summed E-state index contributed by atoms with van der Waals surface area (Å²) < 4.78 is 13.3. The first-order valence-corrected chi connectivity index (χ1v) is 6.86. The van der Waals surface area contributed by atoms with Crippen molar-refractivity contribution in [2.75, 3.05) is 25.5 Å². The summed E-state index contributed by atoms with van der Waals surface area (Å²) in [5, 5.41) is 14.1. The topological polar surface area (TPSA) is 58.4 Å². The van der Waals surface area contributed by atoms with Gasteiger partial charge in [-0.1, -0.05) is 0 Å². The van der Waals surface area contributed by atoms with Crippen LogP contribution in [0.5, 0.6) is 0 Å². The number of nitrogens with one attached hydrogen (secondary N) is 1. The number of hydrogen-bond acceptors (Lipinski definition) is 4. The molecule has 20 heavy (non-hydrogen) atoms. The molecule has 1 unspecified atom stereocenters. The minimum absolute atomic E-state index is 0.0776. The van der Waals surface area contributed by atoms with Crippen molar-refractivity contribution in [2.45, 2.75) is 25.8 Å². The van der Waals surface area contributed by atoms with Crippen LogP contribution in [-0.4, -0.2) is 36.0 Å². The van der Waals surface area contributed by atoms with Gasteiger partial charge in [0.05, 0.1) is 4.92 Å². The van der Waals surface area contributed by atoms with Crippen LogP contribution in [-0.2, 0) is 0 Å². The number of rotatable bonds is 4. The summed E-state index contributed by atoms with van der Waals surface area (Å²) >= 11 is 0. The number of piperidine rings is 1. The molecule has 1 N–H and O–H groups in total. The van der Waals surface area contributed by atoms with E-state index in [0.29, 0.717) is 5.92 Å². The fraction of sp³-hybridized carbons (Fsp3) is 0.571. The van der Waals surface area contributed by atoms with Crippen molar-refractivity contribution in [1.82, 2.24) is 4.90 Å². The van der Waals surface area contributed by atoms with Crippen LogP contribution in [0, 0.1) is 21.8 Å². The van der Waals surface area contributed by atoms with Gasteiger partial charge in [0.15, 0.2) is 0 Å². The molecule has 1 saturated heterocycles. The second-order valence-electron chi connectivity index (χ2n) is 5.49. The smallest absolute Gasteiger partial charge is 0.292 e. The number of anilines is 1. The fourth-order valence-electron chi connectivity index (χ4n) is 2.67. The van der Waals surface area contributed by atoms with Crippen molar-refractivity contribution in [2.24, 2.45) is 5.92 Å². The van der Waals surface area contributed by atoms with Crippen molar-refractivity contribution in [1.29, 1.82) is 0 Å². The maximum atomic E-state index is 13.3. The van der Waals surface area contributed by atoms with E-state index in [-0.39, 0.29) is 17.4 Å². The second-order valence-corrected chi connectivity index (χ2v) is 5.49. The number of benzene rings is 1. The van der Waals surface area contributed by atoms with Crippen LogP contribution in [0.1, 0.15) is 19.8 Å². The molecule has 6 heteroatoms. The number of nitro benzene ring substituents is 1. The Labute approximate surface area is 117 Å². The van der Waals surface area contributed by atoms with E-state index in [1.54, 1.807) is 0 Å². The lowest BCUT2D eigenvalue weighted by Crippen LogP contribution is -2.37. The molecule has 1 aromatic carbocycles. The summed E-state index contributed by atoms with van der Waals surface area (Å²) in [6, 6.07) is 3.61. The lowest BCUT2D eigenvalue weighted by Gasteiger charge is -2.33. The standard InChI is InChI=1S/C14H20FN3O2/c1-10(11-5-7-17(2)8-6-11)16-13-9-12(15)3-4-14(13)18(19)20/h3-4,9-11,16H,5-8H2,1-2H3. The Balaban J connectivity index is 2.09. The van der Waals surface area contributed by atoms with E-state index in [2.05, 4.69) is 17.3 Å². The van der Waals surface area contributed by atoms with Gasteiger partial charge in [-0.2, -0.15) is 0 Å². The van der Waals surface area contributed by atoms with Crippen LogP contribution in [0.3, 0.4) is 0 Å². The maximum absolute atomic E-state index is 13.3. The van der Waals surface area contributed by atoms with Crippen LogP contribution < -0.4 is 5.32 Å². The van der Waals surface area contributed by atoms with Crippen LogP contribution >= 0.6 is 0 Å². The first-order valence-electron chi connectivity index (χ1n) is 6.86. The zero-order valence-electron chi connectivity index (χ0n) is 11.8. The van der Waals surface area contributed by atoms with Gasteiger partial charge in [0, 0.05) is 18.2 Å². The lowest BCUT2D eigenvalue weighted by atomic mass is 9.90. The summed E-state index contributed by atoms with van der Waals surface area (Å²) in [5.74, 6) is -0.0113. The van der Waals surface area contributed by atoms with E-state index in [1.165, 1.54) is 12.1 Å². The van der Waals surface area contributed by atoms with E-state index >= 15 is 0 Å². The summed E-state index contributed by atoms with van der Waals surface area (Å²) in [5.41, 5.74) is 0.188. The summed E-state index contributed by atoms with van der Waals surface area (Å²) in [7, 11) is 2.09. The minimum atomic E-state index is -0.483. The molecule has 1 aliphatic heterocycles. The predicted octanol–water partition coefficient (Wildman–Crippen LogP) is 2.88. The highest BCUT2D eigenvalue weighted by Gasteiger charge is 2.24. The molecule has 0 spiro atoms. The summed E-state index contributed by atoms with van der Waals surface area (Å²) in [4.78, 5) is 12.8. The highest BCUT2D eigenvalue weighted by atomic mass is 19.1. The van der Waals surface area contributed by atoms with Gasteiger partial charge in [0.1, 0.15) is 11.5 Å². The quantitative estimate of drug-likeness (QED) is 0.681. The molecule has 1 aliphatic rings. The third-order valence-corrected chi connectivity index (χ3v) is 4.01. The predicted molar refractivity (Wildman–Crippen MR) is 76.4 cm³/mol. The molecule has 0 saturated carbocycles. The second kappa shape index (κ2) is 6.17. The van der Waals surface area contributed by atoms with Gasteiger partial charge in [0.2, 0.25) is 0 Å². The maximum Gasteiger partial charge on any atom is 0.292 e. The molecule has 5 nitrogen and oxygen atoms in total. The highest BCUT2D eigenvalue weighted by molar-refractivity contribution is 5.61.